The van der Waals surface area contributed by atoms with Crippen LogP contribution < -0.4 is 5.32 Å². The molecule has 0 heterocycles. The van der Waals surface area contributed by atoms with E-state index in [2.05, 4.69) is 26.1 Å². The van der Waals surface area contributed by atoms with Gasteiger partial charge in [-0.2, -0.15) is 0 Å². The summed E-state index contributed by atoms with van der Waals surface area (Å²) in [4.78, 5) is 0. The first-order valence-corrected chi connectivity index (χ1v) is 7.71. The molecule has 0 aromatic heterocycles. The molecule has 0 aliphatic carbocycles. The Morgan fingerprint density at radius 2 is 1.83 bits per heavy atom. The minimum Gasteiger partial charge on any atom is -0.376 e. The van der Waals surface area contributed by atoms with Gasteiger partial charge in [0.15, 0.2) is 0 Å². The van der Waals surface area contributed by atoms with Crippen molar-refractivity contribution in [3.8, 4) is 0 Å². The van der Waals surface area contributed by atoms with Crippen LogP contribution in [-0.2, 0) is 11.3 Å². The smallest absolute Gasteiger partial charge is 0.148 e. The lowest BCUT2D eigenvalue weighted by Gasteiger charge is -2.18. The van der Waals surface area contributed by atoms with Crippen LogP contribution in [0.2, 0.25) is 5.02 Å². The van der Waals surface area contributed by atoms with Crippen molar-refractivity contribution in [2.75, 3.05) is 11.9 Å². The quantitative estimate of drug-likeness (QED) is 0.729. The van der Waals surface area contributed by atoms with E-state index in [1.165, 1.54) is 18.2 Å². The normalized spacial score (nSPS) is 11.6. The number of anilines is 2. The Morgan fingerprint density at radius 3 is 2.48 bits per heavy atom. The van der Waals surface area contributed by atoms with Gasteiger partial charge in [-0.3, -0.25) is 0 Å². The molecule has 0 saturated heterocycles. The van der Waals surface area contributed by atoms with Crippen LogP contribution >= 0.6 is 11.6 Å². The van der Waals surface area contributed by atoms with E-state index in [-0.39, 0.29) is 21.8 Å². The summed E-state index contributed by atoms with van der Waals surface area (Å²) in [6.07, 6.45) is 0. The topological polar surface area (TPSA) is 21.3 Å². The highest BCUT2D eigenvalue weighted by molar-refractivity contribution is 6.33. The van der Waals surface area contributed by atoms with Gasteiger partial charge in [-0.25, -0.2) is 8.78 Å². The van der Waals surface area contributed by atoms with Crippen LogP contribution in [0.1, 0.15) is 26.3 Å². The van der Waals surface area contributed by atoms with Crippen LogP contribution in [0.25, 0.3) is 0 Å². The fraction of sp³-hybridized carbons (Fsp3) is 0.333. The Labute approximate surface area is 140 Å². The molecule has 0 spiro atoms. The molecule has 0 aliphatic rings. The Bertz CT molecular complexity index is 663. The van der Waals surface area contributed by atoms with Crippen LogP contribution in [0.4, 0.5) is 20.2 Å². The van der Waals surface area contributed by atoms with E-state index in [1.807, 2.05) is 0 Å². The van der Waals surface area contributed by atoms with E-state index in [0.29, 0.717) is 13.2 Å². The third-order valence-corrected chi connectivity index (χ3v) is 3.37. The van der Waals surface area contributed by atoms with Gasteiger partial charge in [0, 0.05) is 0 Å². The number of benzene rings is 2. The molecule has 124 valence electrons. The molecule has 23 heavy (non-hydrogen) atoms. The average molecular weight is 340 g/mol. The van der Waals surface area contributed by atoms with E-state index in [9.17, 15) is 8.78 Å². The second-order valence-electron chi connectivity index (χ2n) is 6.59. The molecule has 2 rings (SSSR count). The van der Waals surface area contributed by atoms with Crippen LogP contribution in [0.5, 0.6) is 0 Å². The van der Waals surface area contributed by atoms with Gasteiger partial charge in [0.1, 0.15) is 11.6 Å². The molecule has 0 atom stereocenters. The van der Waals surface area contributed by atoms with Crippen LogP contribution in [-0.4, -0.2) is 6.61 Å². The van der Waals surface area contributed by atoms with Crippen LogP contribution in [0, 0.1) is 17.0 Å². The number of nitrogens with one attached hydrogen (secondary N) is 1. The predicted octanol–water partition coefficient (Wildman–Crippen LogP) is 5.92. The first kappa shape index (κ1) is 17.7. The summed E-state index contributed by atoms with van der Waals surface area (Å²) in [7, 11) is 0. The monoisotopic (exact) mass is 339 g/mol. The van der Waals surface area contributed by atoms with E-state index in [0.717, 1.165) is 5.56 Å². The van der Waals surface area contributed by atoms with Gasteiger partial charge in [0.25, 0.3) is 0 Å². The van der Waals surface area contributed by atoms with Gasteiger partial charge in [-0.15, -0.1) is 0 Å². The summed E-state index contributed by atoms with van der Waals surface area (Å²) >= 11 is 5.96. The van der Waals surface area contributed by atoms with Crippen molar-refractivity contribution in [1.29, 1.82) is 0 Å². The average Bonchev–Trinajstić information content (AvgIpc) is 2.44. The minimum absolute atomic E-state index is 0.0563. The fourth-order valence-electron chi connectivity index (χ4n) is 1.98. The van der Waals surface area contributed by atoms with Gasteiger partial charge in [0.2, 0.25) is 0 Å². The second kappa shape index (κ2) is 7.28. The van der Waals surface area contributed by atoms with Crippen molar-refractivity contribution in [3.63, 3.8) is 0 Å². The lowest BCUT2D eigenvalue weighted by atomic mass is 9.99. The highest BCUT2D eigenvalue weighted by Crippen LogP contribution is 2.30. The number of hydrogen-bond acceptors (Lipinski definition) is 2. The van der Waals surface area contributed by atoms with E-state index in [1.54, 1.807) is 18.2 Å². The number of rotatable bonds is 5. The van der Waals surface area contributed by atoms with Crippen molar-refractivity contribution in [2.24, 2.45) is 5.41 Å². The first-order chi connectivity index (χ1) is 10.8. The van der Waals surface area contributed by atoms with Crippen LogP contribution in [0.15, 0.2) is 36.4 Å². The number of hydrogen-bond donors (Lipinski definition) is 1. The summed E-state index contributed by atoms with van der Waals surface area (Å²) in [6.45, 7) is 7.17. The predicted molar refractivity (Wildman–Crippen MR) is 90.2 cm³/mol. The molecule has 0 amide bonds. The standard InChI is InChI=1S/C18H20ClF2NO/c1-18(2,3)11-23-10-12-7-8-14(20)16(9-12)22-17-13(19)5-4-6-15(17)21/h4-9,22H,10-11H2,1-3H3. The fourth-order valence-corrected chi connectivity index (χ4v) is 2.20. The molecule has 5 heteroatoms. The lowest BCUT2D eigenvalue weighted by molar-refractivity contribution is 0.0599. The molecule has 2 nitrogen and oxygen atoms in total. The Kier molecular flexibility index (Phi) is 5.60. The zero-order chi connectivity index (χ0) is 17.0. The van der Waals surface area contributed by atoms with E-state index in [4.69, 9.17) is 16.3 Å². The maximum atomic E-state index is 14.0. The summed E-state index contributed by atoms with van der Waals surface area (Å²) in [5.41, 5.74) is 1.07. The van der Waals surface area contributed by atoms with Gasteiger partial charge in [-0.05, 0) is 35.2 Å². The Morgan fingerprint density at radius 1 is 1.09 bits per heavy atom. The second-order valence-corrected chi connectivity index (χ2v) is 7.00. The molecule has 1 N–H and O–H groups in total. The number of para-hydroxylation sites is 1. The number of ether oxygens (including phenoxy) is 1. The largest absolute Gasteiger partial charge is 0.376 e. The van der Waals surface area contributed by atoms with Crippen molar-refractivity contribution >= 4 is 23.0 Å². The number of halogens is 3. The summed E-state index contributed by atoms with van der Waals surface area (Å²) in [5, 5.41) is 2.91. The SMILES string of the molecule is CC(C)(C)COCc1ccc(F)c(Nc2c(F)cccc2Cl)c1. The maximum Gasteiger partial charge on any atom is 0.148 e. The van der Waals surface area contributed by atoms with Crippen molar-refractivity contribution in [3.05, 3.63) is 58.6 Å². The molecule has 0 fully saturated rings. The molecule has 0 bridgehead atoms. The lowest BCUT2D eigenvalue weighted by Crippen LogP contribution is -2.14. The van der Waals surface area contributed by atoms with Crippen molar-refractivity contribution in [1.82, 2.24) is 0 Å². The third-order valence-electron chi connectivity index (χ3n) is 3.06. The van der Waals surface area contributed by atoms with E-state index < -0.39 is 11.6 Å². The Hall–Kier alpha value is -1.65. The molecule has 0 unspecified atom stereocenters. The summed E-state index contributed by atoms with van der Waals surface area (Å²) in [5.74, 6) is -1.02. The van der Waals surface area contributed by atoms with Gasteiger partial charge in [0.05, 0.1) is 29.6 Å². The third kappa shape index (κ3) is 5.19. The highest BCUT2D eigenvalue weighted by Gasteiger charge is 2.12. The molecule has 0 aliphatic heterocycles. The Balaban J connectivity index is 2.15. The zero-order valence-electron chi connectivity index (χ0n) is 13.4. The van der Waals surface area contributed by atoms with Gasteiger partial charge in [-0.1, -0.05) is 44.5 Å². The van der Waals surface area contributed by atoms with Crippen molar-refractivity contribution < 1.29 is 13.5 Å². The molecular formula is C18H20ClF2NO. The van der Waals surface area contributed by atoms with Gasteiger partial charge < -0.3 is 10.1 Å². The minimum atomic E-state index is -0.536. The van der Waals surface area contributed by atoms with Crippen LogP contribution in [0.3, 0.4) is 0 Å². The molecular weight excluding hydrogens is 320 g/mol. The molecule has 0 radical (unpaired) electrons. The summed E-state index contributed by atoms with van der Waals surface area (Å²) < 4.78 is 33.4. The first-order valence-electron chi connectivity index (χ1n) is 7.33. The zero-order valence-corrected chi connectivity index (χ0v) is 14.2. The summed E-state index contributed by atoms with van der Waals surface area (Å²) in [6, 6.07) is 8.87. The van der Waals surface area contributed by atoms with Crippen molar-refractivity contribution in [2.45, 2.75) is 27.4 Å². The molecule has 2 aromatic carbocycles. The molecule has 0 saturated carbocycles. The molecule has 2 aromatic rings. The maximum absolute atomic E-state index is 14.0. The highest BCUT2D eigenvalue weighted by atomic mass is 35.5. The van der Waals surface area contributed by atoms with Gasteiger partial charge >= 0.3 is 0 Å². The van der Waals surface area contributed by atoms with E-state index >= 15 is 0 Å².